The molecule has 0 aliphatic heterocycles. The third-order valence-electron chi connectivity index (χ3n) is 5.45. The molecular weight excluding hydrogens is 376 g/mol. The molecule has 2 aliphatic carbocycles. The number of ether oxygens (including phenoxy) is 2. The van der Waals surface area contributed by atoms with E-state index in [2.05, 4.69) is 13.8 Å². The third kappa shape index (κ3) is 13.6. The van der Waals surface area contributed by atoms with Crippen LogP contribution in [0, 0.1) is 11.8 Å². The minimum atomic E-state index is -0.677. The molecule has 1 aromatic carbocycles. The Kier molecular flexibility index (Phi) is 12.0. The summed E-state index contributed by atoms with van der Waals surface area (Å²) in [5, 5.41) is 0. The Labute approximate surface area is 183 Å². The quantitative estimate of drug-likeness (QED) is 0.426. The summed E-state index contributed by atoms with van der Waals surface area (Å²) in [4.78, 5) is 11.2. The monoisotopic (exact) mass is 420 g/mol. The maximum absolute atomic E-state index is 11.2. The molecule has 2 fully saturated rings. The van der Waals surface area contributed by atoms with Crippen molar-refractivity contribution in [1.82, 2.24) is 0 Å². The fourth-order valence-electron chi connectivity index (χ4n) is 3.43. The number of hydrogen-bond acceptors (Lipinski definition) is 5. The zero-order valence-corrected chi connectivity index (χ0v) is 19.7. The van der Waals surface area contributed by atoms with E-state index in [0.717, 1.165) is 11.8 Å². The van der Waals surface area contributed by atoms with E-state index < -0.39 is 11.8 Å². The highest BCUT2D eigenvalue weighted by atomic mass is 16.7. The Morgan fingerprint density at radius 1 is 0.800 bits per heavy atom. The van der Waals surface area contributed by atoms with Gasteiger partial charge in [0.15, 0.2) is 0 Å². The number of para-hydroxylation sites is 1. The summed E-state index contributed by atoms with van der Waals surface area (Å²) < 4.78 is 9.91. The van der Waals surface area contributed by atoms with Crippen molar-refractivity contribution in [2.45, 2.75) is 104 Å². The Morgan fingerprint density at radius 3 is 1.53 bits per heavy atom. The molecule has 5 heteroatoms. The Morgan fingerprint density at radius 2 is 1.20 bits per heavy atom. The standard InChI is InChI=1S/C11H14O3.2C7H15N/c1-11(2,3)14-10(12)13-9-7-5-4-6-8-9;2*1-6-2-4-7(8)5-3-6/h4-8H,1-3H3;2*6-7H,2-5,8H2,1H3. The predicted molar refractivity (Wildman–Crippen MR) is 125 cm³/mol. The van der Waals surface area contributed by atoms with Crippen molar-refractivity contribution in [3.8, 4) is 5.75 Å². The van der Waals surface area contributed by atoms with Gasteiger partial charge in [0.1, 0.15) is 11.4 Å². The van der Waals surface area contributed by atoms with Crippen LogP contribution in [-0.4, -0.2) is 23.8 Å². The molecular formula is C25H44N2O3. The first-order chi connectivity index (χ1) is 14.0. The van der Waals surface area contributed by atoms with Gasteiger partial charge >= 0.3 is 6.16 Å². The fraction of sp³-hybridized carbons (Fsp3) is 0.720. The van der Waals surface area contributed by atoms with Gasteiger partial charge in [0.25, 0.3) is 0 Å². The summed E-state index contributed by atoms with van der Waals surface area (Å²) in [6.07, 6.45) is 9.72. The molecule has 4 N–H and O–H groups in total. The maximum atomic E-state index is 11.2. The lowest BCUT2D eigenvalue weighted by Gasteiger charge is -2.22. The minimum Gasteiger partial charge on any atom is -0.428 e. The van der Waals surface area contributed by atoms with E-state index in [-0.39, 0.29) is 0 Å². The molecule has 0 spiro atoms. The molecule has 0 unspecified atom stereocenters. The van der Waals surface area contributed by atoms with Gasteiger partial charge in [-0.05, 0) is 96.1 Å². The van der Waals surface area contributed by atoms with Crippen LogP contribution in [0.25, 0.3) is 0 Å². The highest BCUT2D eigenvalue weighted by Crippen LogP contribution is 2.22. The highest BCUT2D eigenvalue weighted by molar-refractivity contribution is 5.64. The molecule has 0 radical (unpaired) electrons. The highest BCUT2D eigenvalue weighted by Gasteiger charge is 2.17. The Bertz CT molecular complexity index is 530. The van der Waals surface area contributed by atoms with E-state index in [1.165, 1.54) is 51.4 Å². The van der Waals surface area contributed by atoms with Gasteiger partial charge in [-0.15, -0.1) is 0 Å². The van der Waals surface area contributed by atoms with Gasteiger partial charge in [-0.25, -0.2) is 4.79 Å². The van der Waals surface area contributed by atoms with Gasteiger partial charge in [-0.1, -0.05) is 32.0 Å². The van der Waals surface area contributed by atoms with E-state index >= 15 is 0 Å². The average molecular weight is 421 g/mol. The van der Waals surface area contributed by atoms with Crippen molar-refractivity contribution in [2.24, 2.45) is 23.3 Å². The second-order valence-corrected chi connectivity index (χ2v) is 9.92. The van der Waals surface area contributed by atoms with Crippen LogP contribution in [0.1, 0.15) is 86.0 Å². The molecule has 172 valence electrons. The van der Waals surface area contributed by atoms with E-state index in [4.69, 9.17) is 20.9 Å². The second kappa shape index (κ2) is 13.7. The number of hydrogen-bond donors (Lipinski definition) is 2. The van der Waals surface area contributed by atoms with Gasteiger partial charge in [0.05, 0.1) is 0 Å². The lowest BCUT2D eigenvalue weighted by molar-refractivity contribution is 0.0206. The second-order valence-electron chi connectivity index (χ2n) is 9.92. The summed E-state index contributed by atoms with van der Waals surface area (Å²) in [5.41, 5.74) is 10.9. The molecule has 30 heavy (non-hydrogen) atoms. The van der Waals surface area contributed by atoms with Crippen molar-refractivity contribution in [3.05, 3.63) is 30.3 Å². The molecule has 0 atom stereocenters. The molecule has 0 amide bonds. The van der Waals surface area contributed by atoms with E-state index in [9.17, 15) is 4.79 Å². The van der Waals surface area contributed by atoms with Crippen molar-refractivity contribution in [2.75, 3.05) is 0 Å². The van der Waals surface area contributed by atoms with Crippen LogP contribution in [0.3, 0.4) is 0 Å². The molecule has 0 heterocycles. The Hall–Kier alpha value is -1.59. The SMILES string of the molecule is CC(C)(C)OC(=O)Oc1ccccc1.CC1CCC(N)CC1.CC1CCC(N)CC1. The first kappa shape index (κ1) is 26.4. The normalized spacial score (nSPS) is 26.2. The number of carbonyl (C=O) groups excluding carboxylic acids is 1. The molecule has 2 saturated carbocycles. The summed E-state index contributed by atoms with van der Waals surface area (Å²) in [6.45, 7) is 10.00. The van der Waals surface area contributed by atoms with Gasteiger partial charge in [0, 0.05) is 12.1 Å². The molecule has 0 bridgehead atoms. The number of nitrogens with two attached hydrogens (primary N) is 2. The molecule has 0 aromatic heterocycles. The van der Waals surface area contributed by atoms with Gasteiger partial charge in [-0.3, -0.25) is 0 Å². The Balaban J connectivity index is 0.000000240. The molecule has 2 aliphatic rings. The van der Waals surface area contributed by atoms with E-state index in [1.54, 1.807) is 45.0 Å². The van der Waals surface area contributed by atoms with Gasteiger partial charge in [-0.2, -0.15) is 0 Å². The molecule has 3 rings (SSSR count). The summed E-state index contributed by atoms with van der Waals surface area (Å²) in [7, 11) is 0. The van der Waals surface area contributed by atoms with Gasteiger partial charge < -0.3 is 20.9 Å². The van der Waals surface area contributed by atoms with Crippen molar-refractivity contribution < 1.29 is 14.3 Å². The van der Waals surface area contributed by atoms with Crippen molar-refractivity contribution >= 4 is 6.16 Å². The zero-order valence-electron chi connectivity index (χ0n) is 19.7. The first-order valence-corrected chi connectivity index (χ1v) is 11.5. The van der Waals surface area contributed by atoms with Gasteiger partial charge in [0.2, 0.25) is 0 Å². The van der Waals surface area contributed by atoms with Crippen LogP contribution in [0.15, 0.2) is 30.3 Å². The smallest absolute Gasteiger partial charge is 0.428 e. The average Bonchev–Trinajstić information content (AvgIpc) is 2.67. The van der Waals surface area contributed by atoms with Crippen LogP contribution >= 0.6 is 0 Å². The maximum Gasteiger partial charge on any atom is 0.514 e. The first-order valence-electron chi connectivity index (χ1n) is 11.5. The van der Waals surface area contributed by atoms with E-state index in [1.807, 2.05) is 6.07 Å². The minimum absolute atomic E-state index is 0.488. The van der Waals surface area contributed by atoms with Crippen LogP contribution in [0.5, 0.6) is 5.75 Å². The van der Waals surface area contributed by atoms with Crippen molar-refractivity contribution in [1.29, 1.82) is 0 Å². The predicted octanol–water partition coefficient (Wildman–Crippen LogP) is 6.05. The van der Waals surface area contributed by atoms with Crippen molar-refractivity contribution in [3.63, 3.8) is 0 Å². The number of rotatable bonds is 1. The summed E-state index contributed by atoms with van der Waals surface area (Å²) in [5.74, 6) is 2.37. The number of carbonyl (C=O) groups is 1. The van der Waals surface area contributed by atoms with Crippen LogP contribution in [0.2, 0.25) is 0 Å². The summed E-state index contributed by atoms with van der Waals surface area (Å²) >= 11 is 0. The zero-order chi connectivity index (χ0) is 22.6. The van der Waals surface area contributed by atoms with Crippen LogP contribution in [0.4, 0.5) is 4.79 Å². The largest absolute Gasteiger partial charge is 0.514 e. The van der Waals surface area contributed by atoms with E-state index in [0.29, 0.717) is 17.8 Å². The topological polar surface area (TPSA) is 87.6 Å². The molecule has 1 aromatic rings. The molecule has 0 saturated heterocycles. The lowest BCUT2D eigenvalue weighted by atomic mass is 9.88. The third-order valence-corrected chi connectivity index (χ3v) is 5.45. The summed E-state index contributed by atoms with van der Waals surface area (Å²) in [6, 6.07) is 9.87. The fourth-order valence-corrected chi connectivity index (χ4v) is 3.43. The lowest BCUT2D eigenvalue weighted by Crippen LogP contribution is -2.25. The van der Waals surface area contributed by atoms with Crippen LogP contribution in [-0.2, 0) is 4.74 Å². The molecule has 5 nitrogen and oxygen atoms in total. The van der Waals surface area contributed by atoms with Crippen LogP contribution < -0.4 is 16.2 Å². The number of benzene rings is 1.